The second-order valence-corrected chi connectivity index (χ2v) is 7.11. The van der Waals surface area contributed by atoms with Crippen molar-refractivity contribution in [1.29, 1.82) is 0 Å². The highest BCUT2D eigenvalue weighted by molar-refractivity contribution is 6.35. The molecule has 0 unspecified atom stereocenters. The number of rotatable bonds is 7. The number of carbonyl (C=O) groups is 1. The third-order valence-corrected chi connectivity index (χ3v) is 4.86. The van der Waals surface area contributed by atoms with Crippen molar-refractivity contribution in [2.75, 3.05) is 6.54 Å². The van der Waals surface area contributed by atoms with Gasteiger partial charge in [0.1, 0.15) is 5.82 Å². The van der Waals surface area contributed by atoms with Crippen LogP contribution >= 0.6 is 23.2 Å². The van der Waals surface area contributed by atoms with Gasteiger partial charge in [-0.3, -0.25) is 4.79 Å². The first-order chi connectivity index (χ1) is 13.1. The zero-order chi connectivity index (χ0) is 19.1. The fourth-order valence-corrected chi connectivity index (χ4v) is 3.47. The van der Waals surface area contributed by atoms with Crippen molar-refractivity contribution in [1.82, 2.24) is 15.3 Å². The number of hydrogen-bond acceptors (Lipinski definition) is 2. The highest BCUT2D eigenvalue weighted by Crippen LogP contribution is 2.33. The molecule has 1 aliphatic carbocycles. The van der Waals surface area contributed by atoms with Crippen molar-refractivity contribution in [3.8, 4) is 0 Å². The van der Waals surface area contributed by atoms with E-state index in [0.29, 0.717) is 16.6 Å². The molecule has 1 aromatic carbocycles. The third kappa shape index (κ3) is 5.59. The Hall–Kier alpha value is -2.30. The number of aromatic nitrogens is 2. The summed E-state index contributed by atoms with van der Waals surface area (Å²) in [5.74, 6) is 0.835. The minimum Gasteiger partial charge on any atom is -0.353 e. The van der Waals surface area contributed by atoms with Gasteiger partial charge in [-0.25, -0.2) is 4.98 Å². The number of allylic oxidation sites excluding steroid dienone is 5. The van der Waals surface area contributed by atoms with E-state index in [1.807, 2.05) is 18.2 Å². The van der Waals surface area contributed by atoms with E-state index in [-0.39, 0.29) is 5.91 Å². The minimum absolute atomic E-state index is 0.0990. The van der Waals surface area contributed by atoms with Crippen LogP contribution in [-0.2, 0) is 11.2 Å². The van der Waals surface area contributed by atoms with Crippen molar-refractivity contribution in [3.05, 3.63) is 81.9 Å². The number of H-pyrrole nitrogens is 1. The van der Waals surface area contributed by atoms with Gasteiger partial charge < -0.3 is 10.3 Å². The average Bonchev–Trinajstić information content (AvgIpc) is 3.17. The fourth-order valence-electron chi connectivity index (χ4n) is 2.96. The highest BCUT2D eigenvalue weighted by atomic mass is 35.5. The summed E-state index contributed by atoms with van der Waals surface area (Å²) in [4.78, 5) is 19.3. The van der Waals surface area contributed by atoms with Crippen LogP contribution in [0.3, 0.4) is 0 Å². The maximum absolute atomic E-state index is 12.1. The van der Waals surface area contributed by atoms with Gasteiger partial charge in [0.25, 0.3) is 0 Å². The summed E-state index contributed by atoms with van der Waals surface area (Å²) in [5, 5.41) is 4.12. The van der Waals surface area contributed by atoms with E-state index in [1.54, 1.807) is 24.5 Å². The summed E-state index contributed by atoms with van der Waals surface area (Å²) >= 11 is 12.4. The average molecular weight is 402 g/mol. The Kier molecular flexibility index (Phi) is 6.91. The maximum atomic E-state index is 12.1. The number of hydrogen-bond donors (Lipinski definition) is 2. The Morgan fingerprint density at radius 1 is 1.33 bits per heavy atom. The van der Waals surface area contributed by atoms with Crippen LogP contribution in [0.4, 0.5) is 0 Å². The first-order valence-corrected chi connectivity index (χ1v) is 9.68. The van der Waals surface area contributed by atoms with E-state index < -0.39 is 0 Å². The van der Waals surface area contributed by atoms with Gasteiger partial charge in [0, 0.05) is 47.0 Å². The molecule has 1 amide bonds. The summed E-state index contributed by atoms with van der Waals surface area (Å²) < 4.78 is 0. The minimum atomic E-state index is -0.0990. The maximum Gasteiger partial charge on any atom is 0.243 e. The first-order valence-electron chi connectivity index (χ1n) is 8.93. The molecule has 27 heavy (non-hydrogen) atoms. The lowest BCUT2D eigenvalue weighted by Crippen LogP contribution is -2.22. The van der Waals surface area contributed by atoms with Gasteiger partial charge in [-0.15, -0.1) is 0 Å². The lowest BCUT2D eigenvalue weighted by atomic mass is 9.92. The largest absolute Gasteiger partial charge is 0.353 e. The third-order valence-electron chi connectivity index (χ3n) is 4.31. The predicted molar refractivity (Wildman–Crippen MR) is 111 cm³/mol. The topological polar surface area (TPSA) is 57.8 Å². The van der Waals surface area contributed by atoms with Gasteiger partial charge in [0.05, 0.1) is 0 Å². The van der Waals surface area contributed by atoms with E-state index in [0.717, 1.165) is 48.2 Å². The van der Waals surface area contributed by atoms with Crippen LogP contribution in [0.2, 0.25) is 10.0 Å². The van der Waals surface area contributed by atoms with Crippen LogP contribution in [0, 0.1) is 0 Å². The van der Waals surface area contributed by atoms with Crippen LogP contribution in [0.15, 0.2) is 60.5 Å². The van der Waals surface area contributed by atoms with Crippen molar-refractivity contribution in [3.63, 3.8) is 0 Å². The summed E-state index contributed by atoms with van der Waals surface area (Å²) in [6.45, 7) is 0.610. The number of nitrogens with one attached hydrogen (secondary N) is 2. The molecule has 0 radical (unpaired) electrons. The molecule has 3 rings (SSSR count). The fraction of sp³-hybridized carbons (Fsp3) is 0.238. The number of nitrogens with zero attached hydrogens (tertiary/aromatic N) is 1. The molecule has 6 heteroatoms. The molecule has 0 bridgehead atoms. The number of benzene rings is 1. The van der Waals surface area contributed by atoms with Crippen LogP contribution in [0.5, 0.6) is 0 Å². The quantitative estimate of drug-likeness (QED) is 0.499. The van der Waals surface area contributed by atoms with Gasteiger partial charge >= 0.3 is 0 Å². The summed E-state index contributed by atoms with van der Waals surface area (Å²) in [5.41, 5.74) is 3.05. The second kappa shape index (κ2) is 9.58. The predicted octanol–water partition coefficient (Wildman–Crippen LogP) is 5.13. The number of aryl methyl sites for hydroxylation is 1. The SMILES string of the molecule is O=C(/C=C/C1=C(c2ccc(Cl)cc2Cl)C=CCC1)NCCCc1ncc[nH]1. The van der Waals surface area contributed by atoms with E-state index in [1.165, 1.54) is 0 Å². The number of amides is 1. The Balaban J connectivity index is 1.61. The monoisotopic (exact) mass is 401 g/mol. The van der Waals surface area contributed by atoms with Crippen molar-refractivity contribution < 1.29 is 4.79 Å². The smallest absolute Gasteiger partial charge is 0.243 e. The Morgan fingerprint density at radius 3 is 3.00 bits per heavy atom. The molecule has 4 nitrogen and oxygen atoms in total. The molecule has 0 atom stereocenters. The molecule has 2 N–H and O–H groups in total. The van der Waals surface area contributed by atoms with Crippen LogP contribution in [0.1, 0.15) is 30.7 Å². The number of aromatic amines is 1. The van der Waals surface area contributed by atoms with Gasteiger partial charge in [0.2, 0.25) is 5.91 Å². The Labute approximate surface area is 169 Å². The Morgan fingerprint density at radius 2 is 2.22 bits per heavy atom. The molecule has 1 aliphatic rings. The molecule has 0 saturated carbocycles. The molecule has 0 fully saturated rings. The lowest BCUT2D eigenvalue weighted by Gasteiger charge is -2.15. The molecule has 2 aromatic rings. The molecule has 1 aromatic heterocycles. The zero-order valence-electron chi connectivity index (χ0n) is 14.8. The molecular weight excluding hydrogens is 381 g/mol. The first kappa shape index (κ1) is 19.5. The number of halogens is 2. The standard InChI is InChI=1S/C21H21Cl2N3O/c22-16-8-9-18(19(23)14-16)17-5-2-1-4-15(17)7-10-21(27)26-11-3-6-20-24-12-13-25-20/h2,5,7-10,12-14H,1,3-4,6,11H2,(H,24,25)(H,26,27)/b10-7+. The molecule has 1 heterocycles. The van der Waals surface area contributed by atoms with E-state index in [9.17, 15) is 4.79 Å². The molecular formula is C21H21Cl2N3O. The van der Waals surface area contributed by atoms with Gasteiger partial charge in [-0.05, 0) is 42.5 Å². The van der Waals surface area contributed by atoms with Crippen LogP contribution < -0.4 is 5.32 Å². The summed E-state index contributed by atoms with van der Waals surface area (Å²) in [7, 11) is 0. The molecule has 140 valence electrons. The number of imidazole rings is 1. The molecule has 0 aliphatic heterocycles. The zero-order valence-corrected chi connectivity index (χ0v) is 16.4. The molecule has 0 spiro atoms. The van der Waals surface area contributed by atoms with Crippen molar-refractivity contribution in [2.45, 2.75) is 25.7 Å². The van der Waals surface area contributed by atoms with Gasteiger partial charge in [0.15, 0.2) is 0 Å². The van der Waals surface area contributed by atoms with Gasteiger partial charge in [-0.1, -0.05) is 47.5 Å². The van der Waals surface area contributed by atoms with Gasteiger partial charge in [-0.2, -0.15) is 0 Å². The van der Waals surface area contributed by atoms with Crippen molar-refractivity contribution in [2.24, 2.45) is 0 Å². The van der Waals surface area contributed by atoms with Crippen LogP contribution in [0.25, 0.3) is 5.57 Å². The number of carbonyl (C=O) groups excluding carboxylic acids is 1. The summed E-state index contributed by atoms with van der Waals surface area (Å²) in [6, 6.07) is 5.48. The molecule has 0 saturated heterocycles. The lowest BCUT2D eigenvalue weighted by molar-refractivity contribution is -0.116. The normalized spacial score (nSPS) is 14.1. The highest BCUT2D eigenvalue weighted by Gasteiger charge is 2.12. The van der Waals surface area contributed by atoms with Crippen molar-refractivity contribution >= 4 is 34.7 Å². The Bertz CT molecular complexity index is 883. The van der Waals surface area contributed by atoms with Crippen LogP contribution in [-0.4, -0.2) is 22.4 Å². The summed E-state index contributed by atoms with van der Waals surface area (Å²) in [6.07, 6.45) is 14.6. The van der Waals surface area contributed by atoms with E-state index in [2.05, 4.69) is 27.4 Å². The second-order valence-electron chi connectivity index (χ2n) is 6.27. The van der Waals surface area contributed by atoms with E-state index >= 15 is 0 Å². The van der Waals surface area contributed by atoms with E-state index in [4.69, 9.17) is 23.2 Å².